The molecule has 0 aromatic carbocycles. The van der Waals surface area contributed by atoms with Crippen LogP contribution in [-0.2, 0) is 17.9 Å². The number of thiophene rings is 1. The van der Waals surface area contributed by atoms with Crippen molar-refractivity contribution in [2.45, 2.75) is 13.1 Å². The molecule has 6 nitrogen and oxygen atoms in total. The first kappa shape index (κ1) is 12.1. The maximum atomic E-state index is 10.7. The third-order valence-corrected chi connectivity index (χ3v) is 3.18. The van der Waals surface area contributed by atoms with Crippen LogP contribution in [0.1, 0.15) is 9.75 Å². The van der Waals surface area contributed by atoms with Gasteiger partial charge in [-0.1, -0.05) is 0 Å². The number of anilines is 1. The molecule has 0 aliphatic heterocycles. The number of nitrogens with one attached hydrogen (secondary N) is 1. The van der Waals surface area contributed by atoms with Crippen LogP contribution in [0.4, 0.5) is 5.69 Å². The van der Waals surface area contributed by atoms with E-state index in [0.717, 1.165) is 10.6 Å². The van der Waals surface area contributed by atoms with E-state index < -0.39 is 5.91 Å². The summed E-state index contributed by atoms with van der Waals surface area (Å²) >= 11 is 1.44. The summed E-state index contributed by atoms with van der Waals surface area (Å²) in [5.41, 5.74) is 5.88. The number of amides is 1. The van der Waals surface area contributed by atoms with Gasteiger partial charge >= 0.3 is 0 Å². The van der Waals surface area contributed by atoms with Crippen LogP contribution < -0.4 is 11.1 Å². The lowest BCUT2D eigenvalue weighted by atomic mass is 10.4. The smallest absolute Gasteiger partial charge is 0.239 e. The molecule has 0 unspecified atom stereocenters. The van der Waals surface area contributed by atoms with Crippen molar-refractivity contribution in [3.63, 3.8) is 0 Å². The molecule has 2 aromatic rings. The van der Waals surface area contributed by atoms with Crippen LogP contribution in [0.15, 0.2) is 24.5 Å². The Morgan fingerprint density at radius 2 is 2.44 bits per heavy atom. The van der Waals surface area contributed by atoms with E-state index in [4.69, 9.17) is 11.0 Å². The fourth-order valence-corrected chi connectivity index (χ4v) is 2.17. The van der Waals surface area contributed by atoms with E-state index in [9.17, 15) is 4.79 Å². The fraction of sp³-hybridized carbons (Fsp3) is 0.182. The largest absolute Gasteiger partial charge is 0.378 e. The number of rotatable bonds is 5. The quantitative estimate of drug-likeness (QED) is 0.836. The second kappa shape index (κ2) is 5.33. The fourth-order valence-electron chi connectivity index (χ4n) is 1.42. The van der Waals surface area contributed by atoms with Crippen LogP contribution in [0, 0.1) is 11.3 Å². The highest BCUT2D eigenvalue weighted by Gasteiger charge is 2.02. The van der Waals surface area contributed by atoms with Crippen molar-refractivity contribution in [3.8, 4) is 6.07 Å². The molecule has 0 aliphatic carbocycles. The Kier molecular flexibility index (Phi) is 3.60. The molecular weight excluding hydrogens is 250 g/mol. The van der Waals surface area contributed by atoms with Gasteiger partial charge in [-0.05, 0) is 12.1 Å². The lowest BCUT2D eigenvalue weighted by Crippen LogP contribution is -2.18. The molecule has 0 spiro atoms. The number of primary amides is 1. The highest BCUT2D eigenvalue weighted by Crippen LogP contribution is 2.17. The summed E-state index contributed by atoms with van der Waals surface area (Å²) in [5, 5.41) is 15.9. The molecule has 18 heavy (non-hydrogen) atoms. The van der Waals surface area contributed by atoms with Crippen LogP contribution in [-0.4, -0.2) is 15.7 Å². The Labute approximate surface area is 108 Å². The number of nitriles is 1. The van der Waals surface area contributed by atoms with Crippen molar-refractivity contribution in [2.24, 2.45) is 5.73 Å². The van der Waals surface area contributed by atoms with Gasteiger partial charge in [0.25, 0.3) is 0 Å². The minimum atomic E-state index is -0.429. The first-order valence-electron chi connectivity index (χ1n) is 5.21. The molecule has 0 saturated heterocycles. The summed E-state index contributed by atoms with van der Waals surface area (Å²) in [5.74, 6) is -0.429. The number of nitrogens with zero attached hydrogens (tertiary/aromatic N) is 3. The van der Waals surface area contributed by atoms with Gasteiger partial charge in [-0.15, -0.1) is 11.3 Å². The molecule has 2 heterocycles. The molecule has 7 heteroatoms. The summed E-state index contributed by atoms with van der Waals surface area (Å²) in [6.07, 6.45) is 3.34. The third kappa shape index (κ3) is 3.09. The number of aromatic nitrogens is 2. The van der Waals surface area contributed by atoms with Crippen molar-refractivity contribution in [1.82, 2.24) is 9.78 Å². The molecule has 2 aromatic heterocycles. The zero-order valence-electron chi connectivity index (χ0n) is 9.46. The zero-order chi connectivity index (χ0) is 13.0. The van der Waals surface area contributed by atoms with Gasteiger partial charge in [0.1, 0.15) is 17.5 Å². The first-order valence-corrected chi connectivity index (χ1v) is 6.02. The first-order chi connectivity index (χ1) is 8.67. The number of carbonyl (C=O) groups is 1. The normalized spacial score (nSPS) is 9.94. The van der Waals surface area contributed by atoms with Crippen molar-refractivity contribution < 1.29 is 4.79 Å². The third-order valence-electron chi connectivity index (χ3n) is 2.19. The van der Waals surface area contributed by atoms with Crippen LogP contribution in [0.5, 0.6) is 0 Å². The van der Waals surface area contributed by atoms with Crippen LogP contribution in [0.3, 0.4) is 0 Å². The van der Waals surface area contributed by atoms with E-state index in [-0.39, 0.29) is 6.54 Å². The lowest BCUT2D eigenvalue weighted by molar-refractivity contribution is -0.118. The summed E-state index contributed by atoms with van der Waals surface area (Å²) in [4.78, 5) is 12.5. The van der Waals surface area contributed by atoms with Crippen molar-refractivity contribution in [1.29, 1.82) is 5.26 Å². The van der Waals surface area contributed by atoms with Gasteiger partial charge < -0.3 is 11.1 Å². The van der Waals surface area contributed by atoms with Gasteiger partial charge in [-0.25, -0.2) is 0 Å². The van der Waals surface area contributed by atoms with Gasteiger partial charge in [-0.2, -0.15) is 10.4 Å². The standard InChI is InChI=1S/C11H11N5OS/c12-3-9-1-2-10(18-9)5-14-8-4-15-16(6-8)7-11(13)17/h1-2,4,6,14H,5,7H2,(H2,13,17). The number of carbonyl (C=O) groups excluding carboxylic acids is 1. The highest BCUT2D eigenvalue weighted by atomic mass is 32.1. The summed E-state index contributed by atoms with van der Waals surface area (Å²) < 4.78 is 1.47. The lowest BCUT2D eigenvalue weighted by Gasteiger charge is -2.00. The van der Waals surface area contributed by atoms with E-state index >= 15 is 0 Å². The van der Waals surface area contributed by atoms with Crippen molar-refractivity contribution in [2.75, 3.05) is 5.32 Å². The monoisotopic (exact) mass is 261 g/mol. The van der Waals surface area contributed by atoms with Crippen LogP contribution in [0.25, 0.3) is 0 Å². The Hall–Kier alpha value is -2.33. The SMILES string of the molecule is N#Cc1ccc(CNc2cnn(CC(N)=O)c2)s1. The van der Waals surface area contributed by atoms with Crippen molar-refractivity contribution in [3.05, 3.63) is 34.3 Å². The van der Waals surface area contributed by atoms with Gasteiger partial charge in [0, 0.05) is 17.6 Å². The molecule has 92 valence electrons. The van der Waals surface area contributed by atoms with E-state index in [1.807, 2.05) is 6.07 Å². The second-order valence-corrected chi connectivity index (χ2v) is 4.79. The van der Waals surface area contributed by atoms with Crippen LogP contribution >= 0.6 is 11.3 Å². The van der Waals surface area contributed by atoms with Gasteiger partial charge in [-0.3, -0.25) is 9.48 Å². The number of hydrogen-bond donors (Lipinski definition) is 2. The summed E-state index contributed by atoms with van der Waals surface area (Å²) in [6.45, 7) is 0.688. The van der Waals surface area contributed by atoms with Gasteiger partial charge in [0.05, 0.1) is 11.9 Å². The number of nitrogens with two attached hydrogens (primary N) is 1. The second-order valence-electron chi connectivity index (χ2n) is 3.62. The summed E-state index contributed by atoms with van der Waals surface area (Å²) in [6, 6.07) is 5.79. The van der Waals surface area contributed by atoms with E-state index in [1.165, 1.54) is 16.0 Å². The predicted molar refractivity (Wildman–Crippen MR) is 67.8 cm³/mol. The molecule has 3 N–H and O–H groups in total. The Balaban J connectivity index is 1.92. The van der Waals surface area contributed by atoms with Gasteiger partial charge in [0.2, 0.25) is 5.91 Å². The molecule has 0 saturated carbocycles. The average molecular weight is 261 g/mol. The molecule has 0 atom stereocenters. The van der Waals surface area contributed by atoms with E-state index in [2.05, 4.69) is 16.5 Å². The topological polar surface area (TPSA) is 96.7 Å². The minimum Gasteiger partial charge on any atom is -0.378 e. The molecule has 1 amide bonds. The minimum absolute atomic E-state index is 0.0687. The van der Waals surface area contributed by atoms with E-state index in [0.29, 0.717) is 11.4 Å². The predicted octanol–water partition coefficient (Wildman–Crippen LogP) is 0.914. The van der Waals surface area contributed by atoms with Crippen LogP contribution in [0.2, 0.25) is 0 Å². The molecule has 0 aliphatic rings. The Bertz CT molecular complexity index is 595. The average Bonchev–Trinajstić information content (AvgIpc) is 2.94. The molecular formula is C11H11N5OS. The molecule has 0 radical (unpaired) electrons. The molecule has 0 bridgehead atoms. The highest BCUT2D eigenvalue weighted by molar-refractivity contribution is 7.12. The maximum absolute atomic E-state index is 10.7. The van der Waals surface area contributed by atoms with E-state index in [1.54, 1.807) is 18.5 Å². The Morgan fingerprint density at radius 3 is 3.11 bits per heavy atom. The zero-order valence-corrected chi connectivity index (χ0v) is 10.3. The molecule has 0 fully saturated rings. The number of hydrogen-bond acceptors (Lipinski definition) is 5. The Morgan fingerprint density at radius 1 is 1.61 bits per heavy atom. The molecule has 2 rings (SSSR count). The summed E-state index contributed by atoms with van der Waals surface area (Å²) in [7, 11) is 0. The maximum Gasteiger partial charge on any atom is 0.239 e. The van der Waals surface area contributed by atoms with Gasteiger partial charge in [0.15, 0.2) is 0 Å². The van der Waals surface area contributed by atoms with Crippen molar-refractivity contribution >= 4 is 22.9 Å².